The SMILES string of the molecule is CCn1c(SCC(=O)Nc2ccc(Br)cc2)nnc1[C@@H](NC(=O)c1cccc([N+](=O)[O-])c1)C(C)C. The summed E-state index contributed by atoms with van der Waals surface area (Å²) < 4.78 is 2.78. The first-order valence-electron chi connectivity index (χ1n) is 10.9. The number of halogens is 1. The maximum Gasteiger partial charge on any atom is 0.270 e. The summed E-state index contributed by atoms with van der Waals surface area (Å²) in [7, 11) is 0. The largest absolute Gasteiger partial charge is 0.342 e. The Balaban J connectivity index is 1.72. The Morgan fingerprint density at radius 3 is 2.51 bits per heavy atom. The molecular formula is C23H25BrN6O4S. The highest BCUT2D eigenvalue weighted by molar-refractivity contribution is 9.10. The zero-order valence-electron chi connectivity index (χ0n) is 19.4. The first-order valence-corrected chi connectivity index (χ1v) is 12.6. The van der Waals surface area contributed by atoms with E-state index in [0.717, 1.165) is 4.47 Å². The number of hydrogen-bond donors (Lipinski definition) is 2. The fourth-order valence-electron chi connectivity index (χ4n) is 3.31. The average Bonchev–Trinajstić information content (AvgIpc) is 3.24. The van der Waals surface area contributed by atoms with Crippen LogP contribution >= 0.6 is 27.7 Å². The van der Waals surface area contributed by atoms with Gasteiger partial charge in [-0.2, -0.15) is 0 Å². The number of hydrogen-bond acceptors (Lipinski definition) is 7. The lowest BCUT2D eigenvalue weighted by Crippen LogP contribution is -2.33. The van der Waals surface area contributed by atoms with Crippen LogP contribution in [0.4, 0.5) is 11.4 Å². The molecule has 12 heteroatoms. The molecule has 10 nitrogen and oxygen atoms in total. The van der Waals surface area contributed by atoms with Crippen molar-refractivity contribution in [2.75, 3.05) is 11.1 Å². The van der Waals surface area contributed by atoms with Crippen molar-refractivity contribution in [1.82, 2.24) is 20.1 Å². The van der Waals surface area contributed by atoms with Crippen LogP contribution in [0.1, 0.15) is 43.0 Å². The number of amides is 2. The molecule has 3 aromatic rings. The molecule has 184 valence electrons. The van der Waals surface area contributed by atoms with Crippen LogP contribution in [-0.2, 0) is 11.3 Å². The smallest absolute Gasteiger partial charge is 0.270 e. The first kappa shape index (κ1) is 26.4. The minimum atomic E-state index is -0.541. The number of nitrogens with zero attached hydrogens (tertiary/aromatic N) is 4. The molecule has 0 aliphatic carbocycles. The van der Waals surface area contributed by atoms with Crippen molar-refractivity contribution < 1.29 is 14.5 Å². The third-order valence-electron chi connectivity index (χ3n) is 5.07. The lowest BCUT2D eigenvalue weighted by atomic mass is 10.0. The number of benzene rings is 2. The van der Waals surface area contributed by atoms with Gasteiger partial charge in [-0.05, 0) is 43.2 Å². The van der Waals surface area contributed by atoms with Gasteiger partial charge in [0.15, 0.2) is 11.0 Å². The van der Waals surface area contributed by atoms with Gasteiger partial charge in [0.25, 0.3) is 11.6 Å². The maximum atomic E-state index is 12.9. The number of non-ortho nitro benzene ring substituents is 1. The van der Waals surface area contributed by atoms with Gasteiger partial charge in [-0.1, -0.05) is 47.6 Å². The van der Waals surface area contributed by atoms with Gasteiger partial charge in [-0.15, -0.1) is 10.2 Å². The lowest BCUT2D eigenvalue weighted by molar-refractivity contribution is -0.384. The minimum absolute atomic E-state index is 0.0364. The summed E-state index contributed by atoms with van der Waals surface area (Å²) in [5.74, 6) is 0.0356. The number of aromatic nitrogens is 3. The molecule has 2 amide bonds. The molecule has 0 radical (unpaired) electrons. The molecule has 0 fully saturated rings. The minimum Gasteiger partial charge on any atom is -0.342 e. The molecule has 0 saturated heterocycles. The van der Waals surface area contributed by atoms with E-state index in [-0.39, 0.29) is 28.8 Å². The predicted molar refractivity (Wildman–Crippen MR) is 137 cm³/mol. The molecule has 0 bridgehead atoms. The molecule has 2 aromatic carbocycles. The van der Waals surface area contributed by atoms with Gasteiger partial charge < -0.3 is 15.2 Å². The second kappa shape index (κ2) is 11.9. The van der Waals surface area contributed by atoms with Gasteiger partial charge in [0, 0.05) is 34.4 Å². The van der Waals surface area contributed by atoms with Crippen LogP contribution in [0.5, 0.6) is 0 Å². The van der Waals surface area contributed by atoms with E-state index in [1.165, 1.54) is 36.0 Å². The molecule has 0 aliphatic heterocycles. The van der Waals surface area contributed by atoms with E-state index < -0.39 is 16.9 Å². The Morgan fingerprint density at radius 1 is 1.17 bits per heavy atom. The van der Waals surface area contributed by atoms with Gasteiger partial charge in [0.05, 0.1) is 16.7 Å². The Bertz CT molecular complexity index is 1210. The van der Waals surface area contributed by atoms with Crippen LogP contribution in [-0.4, -0.2) is 37.3 Å². The van der Waals surface area contributed by atoms with Crippen molar-refractivity contribution in [2.24, 2.45) is 5.92 Å². The molecule has 0 unspecified atom stereocenters. The lowest BCUT2D eigenvalue weighted by Gasteiger charge is -2.22. The summed E-state index contributed by atoms with van der Waals surface area (Å²) in [6.07, 6.45) is 0. The summed E-state index contributed by atoms with van der Waals surface area (Å²) >= 11 is 4.61. The molecule has 35 heavy (non-hydrogen) atoms. The number of nitro benzene ring substituents is 1. The molecule has 3 rings (SSSR count). The molecule has 1 heterocycles. The topological polar surface area (TPSA) is 132 Å². The first-order chi connectivity index (χ1) is 16.7. The number of carbonyl (C=O) groups is 2. The average molecular weight is 561 g/mol. The van der Waals surface area contributed by atoms with Crippen LogP contribution < -0.4 is 10.6 Å². The quantitative estimate of drug-likeness (QED) is 0.206. The van der Waals surface area contributed by atoms with E-state index in [0.29, 0.717) is 23.2 Å². The van der Waals surface area contributed by atoms with Crippen LogP contribution in [0.15, 0.2) is 58.2 Å². The zero-order chi connectivity index (χ0) is 25.5. The summed E-state index contributed by atoms with van der Waals surface area (Å²) in [5.41, 5.74) is 0.724. The number of carbonyl (C=O) groups excluding carboxylic acids is 2. The van der Waals surface area contributed by atoms with Gasteiger partial charge in [0.1, 0.15) is 0 Å². The second-order valence-electron chi connectivity index (χ2n) is 7.93. The van der Waals surface area contributed by atoms with E-state index in [2.05, 4.69) is 36.8 Å². The van der Waals surface area contributed by atoms with Crippen molar-refractivity contribution in [3.8, 4) is 0 Å². The summed E-state index contributed by atoms with van der Waals surface area (Å²) in [5, 5.41) is 25.9. The van der Waals surface area contributed by atoms with Crippen LogP contribution in [0.2, 0.25) is 0 Å². The number of anilines is 1. The van der Waals surface area contributed by atoms with Crippen molar-refractivity contribution in [2.45, 2.75) is 38.5 Å². The maximum absolute atomic E-state index is 12.9. The molecule has 0 saturated carbocycles. The molecule has 2 N–H and O–H groups in total. The normalized spacial score (nSPS) is 11.8. The van der Waals surface area contributed by atoms with E-state index in [4.69, 9.17) is 0 Å². The fraction of sp³-hybridized carbons (Fsp3) is 0.304. The third-order valence-corrected chi connectivity index (χ3v) is 6.57. The van der Waals surface area contributed by atoms with Gasteiger partial charge in [0.2, 0.25) is 5.91 Å². The second-order valence-corrected chi connectivity index (χ2v) is 9.79. The summed E-state index contributed by atoms with van der Waals surface area (Å²) in [6, 6.07) is 12.4. The molecule has 1 atom stereocenters. The van der Waals surface area contributed by atoms with E-state index >= 15 is 0 Å². The van der Waals surface area contributed by atoms with Crippen molar-refractivity contribution in [1.29, 1.82) is 0 Å². The Labute approximate surface area is 215 Å². The van der Waals surface area contributed by atoms with Crippen LogP contribution in [0.3, 0.4) is 0 Å². The standard InChI is InChI=1S/C23H25BrN6O4S/c1-4-29-21(20(14(2)3)26-22(32)15-6-5-7-18(12-15)30(33)34)27-28-23(29)35-13-19(31)25-17-10-8-16(24)9-11-17/h5-12,14,20H,4,13H2,1-3H3,(H,25,31)(H,26,32)/t20-/m0/s1. The molecule has 1 aromatic heterocycles. The number of nitro groups is 1. The molecule has 0 aliphatic rings. The zero-order valence-corrected chi connectivity index (χ0v) is 21.8. The molecule has 0 spiro atoms. The fourth-order valence-corrected chi connectivity index (χ4v) is 4.38. The van der Waals surface area contributed by atoms with Crippen LogP contribution in [0, 0.1) is 16.0 Å². The number of rotatable bonds is 10. The monoisotopic (exact) mass is 560 g/mol. The summed E-state index contributed by atoms with van der Waals surface area (Å²) in [6.45, 7) is 6.34. The van der Waals surface area contributed by atoms with E-state index in [9.17, 15) is 19.7 Å². The highest BCUT2D eigenvalue weighted by Crippen LogP contribution is 2.26. The van der Waals surface area contributed by atoms with E-state index in [1.54, 1.807) is 12.1 Å². The van der Waals surface area contributed by atoms with Gasteiger partial charge >= 0.3 is 0 Å². The highest BCUT2D eigenvalue weighted by atomic mass is 79.9. The Hall–Kier alpha value is -3.25. The number of thioether (sulfide) groups is 1. The summed E-state index contributed by atoms with van der Waals surface area (Å²) in [4.78, 5) is 35.8. The van der Waals surface area contributed by atoms with Crippen molar-refractivity contribution in [3.05, 3.63) is 74.5 Å². The highest BCUT2D eigenvalue weighted by Gasteiger charge is 2.26. The van der Waals surface area contributed by atoms with Crippen molar-refractivity contribution in [3.63, 3.8) is 0 Å². The number of nitrogens with one attached hydrogen (secondary N) is 2. The van der Waals surface area contributed by atoms with Gasteiger partial charge in [-0.3, -0.25) is 19.7 Å². The van der Waals surface area contributed by atoms with E-state index in [1.807, 2.05) is 37.5 Å². The predicted octanol–water partition coefficient (Wildman–Crippen LogP) is 4.83. The Morgan fingerprint density at radius 2 is 1.89 bits per heavy atom. The van der Waals surface area contributed by atoms with Gasteiger partial charge in [-0.25, -0.2) is 0 Å². The van der Waals surface area contributed by atoms with Crippen molar-refractivity contribution >= 4 is 50.9 Å². The van der Waals surface area contributed by atoms with Crippen LogP contribution in [0.25, 0.3) is 0 Å². The molecular weight excluding hydrogens is 536 g/mol. The third kappa shape index (κ3) is 6.89. The Kier molecular flexibility index (Phi) is 8.99.